The van der Waals surface area contributed by atoms with Crippen LogP contribution in [0.15, 0.2) is 53.0 Å². The summed E-state index contributed by atoms with van der Waals surface area (Å²) in [6, 6.07) is 10.9. The predicted molar refractivity (Wildman–Crippen MR) is 222 cm³/mol. The Hall–Kier alpha value is -6.68. The minimum Gasteiger partial charge on any atom is -0.466 e. The van der Waals surface area contributed by atoms with Gasteiger partial charge in [-0.1, -0.05) is 12.1 Å². The van der Waals surface area contributed by atoms with E-state index in [1.165, 1.54) is 58.1 Å². The summed E-state index contributed by atoms with van der Waals surface area (Å²) in [6.45, 7) is 19.4. The summed E-state index contributed by atoms with van der Waals surface area (Å²) in [5.41, 5.74) is 18.3. The topological polar surface area (TPSA) is 193 Å². The molecule has 57 heavy (non-hydrogen) atoms. The van der Waals surface area contributed by atoms with Crippen molar-refractivity contribution in [2.45, 2.75) is 69.2 Å². The Morgan fingerprint density at radius 1 is 0.667 bits per heavy atom. The number of aryl methyl sites for hydroxylation is 4. The number of carbonyl (C=O) groups excluding carboxylic acids is 5. The maximum atomic E-state index is 12.0. The molecule has 0 atom stereocenters. The molecule has 0 bridgehead atoms. The van der Waals surface area contributed by atoms with Gasteiger partial charge in [-0.15, -0.1) is 0 Å². The van der Waals surface area contributed by atoms with Gasteiger partial charge in [-0.25, -0.2) is 19.2 Å². The zero-order valence-electron chi connectivity index (χ0n) is 35.2. The van der Waals surface area contributed by atoms with Crippen molar-refractivity contribution in [3.63, 3.8) is 0 Å². The third-order valence-electron chi connectivity index (χ3n) is 9.19. The fourth-order valence-electron chi connectivity index (χ4n) is 4.87. The van der Waals surface area contributed by atoms with Crippen molar-refractivity contribution in [2.75, 3.05) is 39.5 Å². The highest BCUT2D eigenvalue weighted by Gasteiger charge is 2.15. The summed E-state index contributed by atoms with van der Waals surface area (Å²) in [5.74, 6) is 1.17. The molecular weight excluding hydrogens is 730 g/mol. The summed E-state index contributed by atoms with van der Waals surface area (Å²) >= 11 is 0. The van der Waals surface area contributed by atoms with Gasteiger partial charge in [-0.2, -0.15) is 0 Å². The van der Waals surface area contributed by atoms with Crippen LogP contribution in [-0.2, 0) is 38.1 Å². The second-order valence-electron chi connectivity index (χ2n) is 12.8. The van der Waals surface area contributed by atoms with E-state index < -0.39 is 23.9 Å². The van der Waals surface area contributed by atoms with Crippen molar-refractivity contribution in [3.8, 4) is 11.8 Å². The summed E-state index contributed by atoms with van der Waals surface area (Å²) in [5, 5.41) is 3.52. The van der Waals surface area contributed by atoms with E-state index in [0.717, 1.165) is 50.8 Å². The normalized spacial score (nSPS) is 10.0. The highest BCUT2D eigenvalue weighted by molar-refractivity contribution is 6.01. The van der Waals surface area contributed by atoms with Gasteiger partial charge in [0, 0.05) is 35.7 Å². The number of ether oxygens (including phenoxy) is 4. The number of H-pyrrole nitrogens is 1. The fraction of sp³-hybridized carbons (Fsp3) is 0.318. The van der Waals surface area contributed by atoms with Crippen molar-refractivity contribution >= 4 is 51.9 Å². The summed E-state index contributed by atoms with van der Waals surface area (Å²) in [4.78, 5) is 69.7. The van der Waals surface area contributed by atoms with Crippen LogP contribution in [0.25, 0.3) is 10.9 Å². The van der Waals surface area contributed by atoms with Crippen LogP contribution in [0.3, 0.4) is 0 Å². The molecule has 13 nitrogen and oxygen atoms in total. The number of anilines is 2. The van der Waals surface area contributed by atoms with Gasteiger partial charge in [0.1, 0.15) is 11.4 Å². The number of nitrogens with one attached hydrogen (secondary N) is 2. The number of benzene rings is 3. The standard InChI is InChI=1S/C15H19NO4.C14H15NO3.C9H13N.C6H6O3/c1-9-6-7-12(11(3)10(9)2)16-13(15(18)20-5)8-14(17)19-4;1-7-5-10-12(16)6-11(14(17)18-4)15-13(10)9(3)8(7)2;1-6-4-5-9(10)8(3)7(6)2;1-5(7)3-4-6(8)9-2/h6-8,16H,1-5H3;5-6H,1-4H3,(H,15,16);4-5H,10H2,1-3H3;1-2H3. The van der Waals surface area contributed by atoms with Gasteiger partial charge in [0.2, 0.25) is 5.78 Å². The van der Waals surface area contributed by atoms with Gasteiger partial charge in [0.05, 0.1) is 40.0 Å². The zero-order valence-corrected chi connectivity index (χ0v) is 35.2. The average Bonchev–Trinajstić information content (AvgIpc) is 3.19. The molecule has 0 unspecified atom stereocenters. The van der Waals surface area contributed by atoms with E-state index in [0.29, 0.717) is 10.9 Å². The van der Waals surface area contributed by atoms with Crippen LogP contribution in [0.2, 0.25) is 0 Å². The average molecular weight is 784 g/mol. The highest BCUT2D eigenvalue weighted by atomic mass is 16.5. The van der Waals surface area contributed by atoms with Gasteiger partial charge in [0.25, 0.3) is 0 Å². The van der Waals surface area contributed by atoms with E-state index in [4.69, 9.17) is 5.73 Å². The second-order valence-corrected chi connectivity index (χ2v) is 12.8. The Labute approximate surface area is 333 Å². The number of nitrogen functional groups attached to an aromatic ring is 1. The molecule has 4 N–H and O–H groups in total. The second kappa shape index (κ2) is 22.6. The third kappa shape index (κ3) is 14.2. The maximum absolute atomic E-state index is 12.0. The predicted octanol–water partition coefficient (Wildman–Crippen LogP) is 6.44. The van der Waals surface area contributed by atoms with E-state index >= 15 is 0 Å². The molecule has 0 saturated carbocycles. The van der Waals surface area contributed by atoms with Crippen LogP contribution in [0.5, 0.6) is 0 Å². The molecule has 0 fully saturated rings. The number of rotatable bonds is 5. The lowest BCUT2D eigenvalue weighted by atomic mass is 9.99. The number of ketones is 1. The largest absolute Gasteiger partial charge is 0.466 e. The first kappa shape index (κ1) is 48.3. The molecule has 0 spiro atoms. The molecule has 0 radical (unpaired) electrons. The first-order valence-electron chi connectivity index (χ1n) is 17.5. The van der Waals surface area contributed by atoms with E-state index in [9.17, 15) is 28.8 Å². The quantitative estimate of drug-likeness (QED) is 0.0382. The maximum Gasteiger partial charge on any atom is 0.384 e. The third-order valence-corrected chi connectivity index (χ3v) is 9.19. The van der Waals surface area contributed by atoms with Gasteiger partial charge in [0.15, 0.2) is 5.43 Å². The molecular formula is C44H53N3O10. The molecule has 0 aliphatic heterocycles. The molecule has 304 valence electrons. The molecule has 0 aliphatic rings. The molecule has 3 aromatic carbocycles. The molecule has 1 aromatic heterocycles. The number of aromatic nitrogens is 1. The molecule has 4 aromatic rings. The van der Waals surface area contributed by atoms with E-state index in [1.54, 1.807) is 0 Å². The number of carbonyl (C=O) groups is 5. The Bertz CT molecular complexity index is 2280. The minimum atomic E-state index is -0.690. The summed E-state index contributed by atoms with van der Waals surface area (Å²) in [7, 11) is 4.99. The molecule has 0 aliphatic carbocycles. The lowest BCUT2D eigenvalue weighted by Gasteiger charge is -2.14. The molecule has 4 rings (SSSR count). The van der Waals surface area contributed by atoms with Crippen LogP contribution in [0.1, 0.15) is 67.5 Å². The first-order chi connectivity index (χ1) is 26.6. The molecule has 0 amide bonds. The number of fused-ring (bicyclic) bond motifs is 1. The first-order valence-corrected chi connectivity index (χ1v) is 17.5. The number of nitrogens with two attached hydrogens (primary N) is 1. The number of hydrogen-bond acceptors (Lipinski definition) is 12. The lowest BCUT2D eigenvalue weighted by molar-refractivity contribution is -0.138. The molecule has 13 heteroatoms. The lowest BCUT2D eigenvalue weighted by Crippen LogP contribution is -2.16. The summed E-state index contributed by atoms with van der Waals surface area (Å²) < 4.78 is 17.9. The van der Waals surface area contributed by atoms with E-state index in [1.807, 2.05) is 77.6 Å². The number of aromatic amines is 1. The Morgan fingerprint density at radius 3 is 1.74 bits per heavy atom. The van der Waals surface area contributed by atoms with E-state index in [-0.39, 0.29) is 22.6 Å². The number of esters is 4. The zero-order chi connectivity index (χ0) is 43.7. The van der Waals surface area contributed by atoms with Gasteiger partial charge >= 0.3 is 23.9 Å². The van der Waals surface area contributed by atoms with Crippen LogP contribution >= 0.6 is 0 Å². The SMILES string of the molecule is COC(=O)C#CC(C)=O.COC(=O)C=C(Nc1ccc(C)c(C)c1C)C(=O)OC.COC(=O)c1cc(=O)c2cc(C)c(C)c(C)c2[nH]1.Cc1ccc(N)c(C)c1C. The van der Waals surface area contributed by atoms with Gasteiger partial charge < -0.3 is 35.0 Å². The fourth-order valence-corrected chi connectivity index (χ4v) is 4.87. The molecule has 1 heterocycles. The minimum absolute atomic E-state index is 0.0331. The Balaban J connectivity index is 0.000000401. The summed E-state index contributed by atoms with van der Waals surface area (Å²) in [6.07, 6.45) is 1.07. The Morgan fingerprint density at radius 2 is 1.23 bits per heavy atom. The van der Waals surface area contributed by atoms with Crippen LogP contribution in [-0.4, -0.2) is 63.1 Å². The van der Waals surface area contributed by atoms with Crippen molar-refractivity contribution in [1.29, 1.82) is 0 Å². The van der Waals surface area contributed by atoms with Crippen molar-refractivity contribution in [1.82, 2.24) is 4.98 Å². The highest BCUT2D eigenvalue weighted by Crippen LogP contribution is 2.24. The number of methoxy groups -OCH3 is 4. The monoisotopic (exact) mass is 783 g/mol. The van der Waals surface area contributed by atoms with Crippen molar-refractivity contribution < 1.29 is 42.9 Å². The van der Waals surface area contributed by atoms with Crippen molar-refractivity contribution in [3.05, 3.63) is 114 Å². The number of pyridine rings is 1. The van der Waals surface area contributed by atoms with Crippen LogP contribution < -0.4 is 16.5 Å². The smallest absolute Gasteiger partial charge is 0.384 e. The number of Topliss-reactive ketones (excluding diaryl/α,β-unsaturated/α-hetero) is 1. The van der Waals surface area contributed by atoms with Crippen LogP contribution in [0, 0.1) is 74.2 Å². The van der Waals surface area contributed by atoms with Gasteiger partial charge in [-0.3, -0.25) is 9.59 Å². The van der Waals surface area contributed by atoms with Crippen LogP contribution in [0.4, 0.5) is 11.4 Å². The van der Waals surface area contributed by atoms with E-state index in [2.05, 4.69) is 56.1 Å². The number of hydrogen-bond donors (Lipinski definition) is 3. The van der Waals surface area contributed by atoms with Gasteiger partial charge in [-0.05, 0) is 137 Å². The van der Waals surface area contributed by atoms with Crippen molar-refractivity contribution in [2.24, 2.45) is 0 Å². The molecule has 0 saturated heterocycles. The Kier molecular flexibility index (Phi) is 19.2.